The fourth-order valence-corrected chi connectivity index (χ4v) is 6.39. The molecule has 4 N–H and O–H groups in total. The first-order chi connectivity index (χ1) is 21.0. The predicted octanol–water partition coefficient (Wildman–Crippen LogP) is -3.84. The van der Waals surface area contributed by atoms with Crippen molar-refractivity contribution in [2.24, 2.45) is 0 Å². The third-order valence-corrected chi connectivity index (χ3v) is 8.94. The third-order valence-electron chi connectivity index (χ3n) is 4.66. The monoisotopic (exact) mass is 904 g/mol. The first-order valence-electron chi connectivity index (χ1n) is 11.6. The smallest absolute Gasteiger partial charge is 0.748 e. The van der Waals surface area contributed by atoms with Crippen molar-refractivity contribution in [1.82, 2.24) is 0 Å². The molecule has 0 atom stereocenters. The van der Waals surface area contributed by atoms with Crippen LogP contribution in [-0.2, 0) is 43.2 Å². The third kappa shape index (κ3) is 28.2. The molecule has 0 saturated heterocycles. The first-order valence-corrected chi connectivity index (χ1v) is 18.3. The second kappa shape index (κ2) is 29.9. The fourth-order valence-electron chi connectivity index (χ4n) is 2.74. The summed E-state index contributed by atoms with van der Waals surface area (Å²) in [6.07, 6.45) is -9.61. The molecule has 28 heteroatoms. The molecule has 2 aromatic rings. The van der Waals surface area contributed by atoms with Crippen LogP contribution in [0, 0.1) is 20.8 Å². The van der Waals surface area contributed by atoms with E-state index in [2.05, 4.69) is 19.6 Å². The second-order valence-corrected chi connectivity index (χ2v) is 14.3. The van der Waals surface area contributed by atoms with E-state index in [4.69, 9.17) is 22.8 Å². The first kappa shape index (κ1) is 67.5. The van der Waals surface area contributed by atoms with E-state index >= 15 is 0 Å². The number of halogens is 6. The van der Waals surface area contributed by atoms with Crippen LogP contribution in [-0.4, -0.2) is 87.8 Å². The molecule has 0 saturated carbocycles. The number of thioether (sulfide) groups is 2. The molecule has 0 amide bonds. The molecule has 0 unspecified atom stereocenters. The maximum Gasteiger partial charge on any atom is 1.00 e. The van der Waals surface area contributed by atoms with Crippen molar-refractivity contribution < 1.29 is 174 Å². The van der Waals surface area contributed by atoms with Gasteiger partial charge in [-0.1, -0.05) is 14.9 Å². The van der Waals surface area contributed by atoms with Gasteiger partial charge in [-0.25, -0.2) is 16.8 Å². The Morgan fingerprint density at radius 1 is 0.769 bits per heavy atom. The quantitative estimate of drug-likeness (QED) is 0.0324. The van der Waals surface area contributed by atoms with Gasteiger partial charge in [0.25, 0.3) is 0 Å². The summed E-state index contributed by atoms with van der Waals surface area (Å²) in [6, 6.07) is 1.38. The molecule has 0 aromatic heterocycles. The van der Waals surface area contributed by atoms with Crippen LogP contribution < -0.4 is 88.7 Å². The molecule has 0 fully saturated rings. The molecule has 0 spiro atoms. The number of phenolic OH excluding ortho intramolecular Hbond substituents is 4. The number of rotatable bonds is 8. The molecular weight excluding hydrogens is 872 g/mol. The topological polar surface area (TPSA) is 247 Å². The van der Waals surface area contributed by atoms with E-state index in [1.165, 1.54) is 13.8 Å². The number of benzene rings is 2. The Morgan fingerprint density at radius 2 is 1.19 bits per heavy atom. The van der Waals surface area contributed by atoms with Crippen molar-refractivity contribution in [1.29, 1.82) is 0 Å². The van der Waals surface area contributed by atoms with E-state index in [0.717, 1.165) is 17.8 Å². The number of thiol groups is 1. The van der Waals surface area contributed by atoms with Gasteiger partial charge in [0.05, 0.1) is 30.0 Å². The van der Waals surface area contributed by atoms with E-state index in [-0.39, 0.29) is 137 Å². The van der Waals surface area contributed by atoms with Crippen molar-refractivity contribution in [2.45, 2.75) is 50.8 Å². The Kier molecular flexibility index (Phi) is 38.8. The maximum atomic E-state index is 13.2. The van der Waals surface area contributed by atoms with Gasteiger partial charge in [0.15, 0.2) is 0 Å². The summed E-state index contributed by atoms with van der Waals surface area (Å²) < 4.78 is 162. The van der Waals surface area contributed by atoms with Gasteiger partial charge in [0, 0.05) is 28.6 Å². The standard InChI is InChI=1S/C12H14F3O5S3.C8H7F3O2.C2H6O3S2.2CH4.3Na.O3S/c1-3-21-10-6(2)8(16)11(22-4-5-23(18,19)20)7(9(10)17)12(13,14)15;1-4-2-7(13)5(3-6(4)12)8(9,10)11;3-7(4,5)2-1-6;;;;;;1-4(2)3/h16-17H,1,3-5H2,2H3,(H,18,19,20);2-3,12-13H,1H3;6H,1-2H2,(H,3,4,5);2*1H4;;;;/q-1;;;;;3*+1;/p-2. The number of phenols is 4. The van der Waals surface area contributed by atoms with Gasteiger partial charge in [-0.05, 0) is 31.5 Å². The van der Waals surface area contributed by atoms with Crippen LogP contribution in [0.25, 0.3) is 0 Å². The summed E-state index contributed by atoms with van der Waals surface area (Å²) in [7, 11) is -11.7. The number of hydrogen-bond acceptors (Lipinski definition) is 16. The molecule has 0 aliphatic heterocycles. The zero-order valence-electron chi connectivity index (χ0n) is 26.6. The molecule has 2 rings (SSSR count). The Morgan fingerprint density at radius 3 is 1.50 bits per heavy atom. The maximum absolute atomic E-state index is 13.2. The van der Waals surface area contributed by atoms with Gasteiger partial charge < -0.3 is 36.5 Å². The van der Waals surface area contributed by atoms with Crippen LogP contribution in [0.4, 0.5) is 26.3 Å². The molecule has 0 radical (unpaired) electrons. The SMILES string of the molecule is C.C.Cc1cc(O)c(C(F)(F)F)cc1O.O=S(=O)([O-])CCS.O=S(=O)=O.[CH2-]CSc1c(C)c(O)c(SCCS(=O)(=O)[O-])c(C(F)(F)F)c1O.[Na+].[Na+].[Na+]. The zero-order valence-corrected chi connectivity index (χ0v) is 37.6. The number of alkyl halides is 6. The number of aryl methyl sites for hydroxylation is 1. The minimum atomic E-state index is -4.97. The zero-order chi connectivity index (χ0) is 37.7. The van der Waals surface area contributed by atoms with Crippen molar-refractivity contribution in [2.75, 3.05) is 28.8 Å². The summed E-state index contributed by atoms with van der Waals surface area (Å²) in [5, 5.41) is 37.8. The molecule has 2 aromatic carbocycles. The average molecular weight is 905 g/mol. The molecule has 13 nitrogen and oxygen atoms in total. The van der Waals surface area contributed by atoms with Crippen LogP contribution in [0.1, 0.15) is 37.1 Å². The fraction of sp³-hybridized carbons (Fsp3) is 0.458. The minimum Gasteiger partial charge on any atom is -0.748 e. The van der Waals surface area contributed by atoms with Gasteiger partial charge >= 0.3 is 112 Å². The van der Waals surface area contributed by atoms with Crippen molar-refractivity contribution in [3.8, 4) is 23.0 Å². The number of hydrogen-bond donors (Lipinski definition) is 5. The summed E-state index contributed by atoms with van der Waals surface area (Å²) >= 11 is 4.72. The van der Waals surface area contributed by atoms with E-state index in [0.29, 0.717) is 17.8 Å². The van der Waals surface area contributed by atoms with E-state index in [9.17, 15) is 62.5 Å². The molecule has 0 aliphatic carbocycles. The van der Waals surface area contributed by atoms with Crippen LogP contribution in [0.3, 0.4) is 0 Å². The molecule has 0 bridgehead atoms. The predicted molar refractivity (Wildman–Crippen MR) is 172 cm³/mol. The Bertz CT molecular complexity index is 1690. The number of aromatic hydroxyl groups is 4. The normalized spacial score (nSPS) is 10.5. The second-order valence-electron chi connectivity index (χ2n) is 8.16. The van der Waals surface area contributed by atoms with Crippen LogP contribution in [0.5, 0.6) is 23.0 Å². The van der Waals surface area contributed by atoms with Crippen molar-refractivity contribution in [3.63, 3.8) is 0 Å². The summed E-state index contributed by atoms with van der Waals surface area (Å²) in [5.74, 6) is -4.64. The van der Waals surface area contributed by atoms with Gasteiger partial charge in [0.1, 0.15) is 34.1 Å². The van der Waals surface area contributed by atoms with E-state index < -0.39 is 93.7 Å². The van der Waals surface area contributed by atoms with E-state index in [1.807, 2.05) is 0 Å². The van der Waals surface area contributed by atoms with Crippen molar-refractivity contribution >= 4 is 67.0 Å². The van der Waals surface area contributed by atoms with Gasteiger partial charge in [-0.2, -0.15) is 50.7 Å². The molecule has 0 aliphatic rings. The van der Waals surface area contributed by atoms with Crippen molar-refractivity contribution in [3.05, 3.63) is 41.3 Å². The van der Waals surface area contributed by atoms with Crippen LogP contribution in [0.15, 0.2) is 21.9 Å². The molecular formula is C24H33F6Na3O13S6. The summed E-state index contributed by atoms with van der Waals surface area (Å²) in [4.78, 5) is -0.852. The van der Waals surface area contributed by atoms with E-state index in [1.54, 1.807) is 0 Å². The van der Waals surface area contributed by atoms with Crippen LogP contribution >= 0.6 is 36.2 Å². The Labute approximate surface area is 380 Å². The Balaban J connectivity index is -0.000000119. The average Bonchev–Trinajstić information content (AvgIpc) is 2.84. The van der Waals surface area contributed by atoms with Gasteiger partial charge in [-0.15, -0.1) is 30.1 Å². The van der Waals surface area contributed by atoms with Gasteiger partial charge in [-0.3, -0.25) is 0 Å². The summed E-state index contributed by atoms with van der Waals surface area (Å²) in [5.41, 5.74) is -2.46. The van der Waals surface area contributed by atoms with Crippen LogP contribution in [0.2, 0.25) is 0 Å². The molecule has 52 heavy (non-hydrogen) atoms. The Hall–Kier alpha value is 0.710. The molecule has 0 heterocycles. The summed E-state index contributed by atoms with van der Waals surface area (Å²) in [6.45, 7) is 6.19. The molecule has 288 valence electrons. The minimum absolute atomic E-state index is 0. The largest absolute Gasteiger partial charge is 1.00 e. The van der Waals surface area contributed by atoms with Gasteiger partial charge in [0.2, 0.25) is 0 Å².